The first-order chi connectivity index (χ1) is 9.54. The molecule has 0 aromatic heterocycles. The lowest BCUT2D eigenvalue weighted by Crippen LogP contribution is -2.45. The first kappa shape index (κ1) is 15.0. The lowest BCUT2D eigenvalue weighted by atomic mass is 10.1. The molecule has 0 radical (unpaired) electrons. The van der Waals surface area contributed by atoms with Crippen LogP contribution in [0.5, 0.6) is 0 Å². The minimum Gasteiger partial charge on any atom is -0.467 e. The molecule has 1 fully saturated rings. The summed E-state index contributed by atoms with van der Waals surface area (Å²) in [6, 6.07) is 7.45. The number of rotatable bonds is 4. The SMILES string of the molecule is COC(=O)C1CCC(=O)N1C(C)Cc1ccccc1Br. The maximum absolute atomic E-state index is 12.0. The Morgan fingerprint density at radius 2 is 2.20 bits per heavy atom. The number of carbonyl (C=O) groups is 2. The molecule has 1 aliphatic heterocycles. The fourth-order valence-corrected chi connectivity index (χ4v) is 3.15. The summed E-state index contributed by atoms with van der Waals surface area (Å²) >= 11 is 3.51. The summed E-state index contributed by atoms with van der Waals surface area (Å²) in [5.74, 6) is -0.296. The first-order valence-electron chi connectivity index (χ1n) is 6.67. The van der Waals surface area contributed by atoms with Gasteiger partial charge in [-0.1, -0.05) is 34.1 Å². The van der Waals surface area contributed by atoms with Gasteiger partial charge in [0.25, 0.3) is 0 Å². The van der Waals surface area contributed by atoms with E-state index in [9.17, 15) is 9.59 Å². The fraction of sp³-hybridized carbons (Fsp3) is 0.467. The number of likely N-dealkylation sites (tertiary alicyclic amines) is 1. The molecule has 2 atom stereocenters. The zero-order valence-electron chi connectivity index (χ0n) is 11.6. The number of amides is 1. The van der Waals surface area contributed by atoms with Crippen molar-refractivity contribution in [2.45, 2.75) is 38.3 Å². The highest BCUT2D eigenvalue weighted by Crippen LogP contribution is 2.26. The van der Waals surface area contributed by atoms with Gasteiger partial charge in [0, 0.05) is 16.9 Å². The zero-order valence-corrected chi connectivity index (χ0v) is 13.2. The highest BCUT2D eigenvalue weighted by molar-refractivity contribution is 9.10. The second-order valence-electron chi connectivity index (χ2n) is 5.02. The summed E-state index contributed by atoms with van der Waals surface area (Å²) in [6.45, 7) is 1.97. The van der Waals surface area contributed by atoms with Gasteiger partial charge in [0.15, 0.2) is 0 Å². The molecule has 0 spiro atoms. The molecule has 0 aliphatic carbocycles. The van der Waals surface area contributed by atoms with E-state index < -0.39 is 6.04 Å². The van der Waals surface area contributed by atoms with Crippen LogP contribution in [0.1, 0.15) is 25.3 Å². The Hall–Kier alpha value is -1.36. The molecule has 4 nitrogen and oxygen atoms in total. The first-order valence-corrected chi connectivity index (χ1v) is 7.46. The molecule has 1 saturated heterocycles. The Bertz CT molecular complexity index is 518. The highest BCUT2D eigenvalue weighted by atomic mass is 79.9. The van der Waals surface area contributed by atoms with E-state index in [1.54, 1.807) is 4.90 Å². The standard InChI is InChI=1S/C15H18BrNO3/c1-10(9-11-5-3-4-6-12(11)16)17-13(15(19)20-2)7-8-14(17)18/h3-6,10,13H,7-9H2,1-2H3. The van der Waals surface area contributed by atoms with E-state index in [1.807, 2.05) is 31.2 Å². The molecule has 2 unspecified atom stereocenters. The Labute approximate surface area is 127 Å². The number of methoxy groups -OCH3 is 1. The average Bonchev–Trinajstić information content (AvgIpc) is 2.82. The Morgan fingerprint density at radius 1 is 1.50 bits per heavy atom. The van der Waals surface area contributed by atoms with Gasteiger partial charge in [-0.3, -0.25) is 4.79 Å². The Morgan fingerprint density at radius 3 is 2.85 bits per heavy atom. The van der Waals surface area contributed by atoms with Gasteiger partial charge >= 0.3 is 5.97 Å². The van der Waals surface area contributed by atoms with Crippen molar-refractivity contribution in [2.75, 3.05) is 7.11 Å². The van der Waals surface area contributed by atoms with Crippen LogP contribution in [-0.2, 0) is 20.7 Å². The highest BCUT2D eigenvalue weighted by Gasteiger charge is 2.39. The molecule has 1 heterocycles. The second kappa shape index (κ2) is 6.39. The van der Waals surface area contributed by atoms with E-state index in [0.29, 0.717) is 19.3 Å². The van der Waals surface area contributed by atoms with Crippen molar-refractivity contribution < 1.29 is 14.3 Å². The predicted molar refractivity (Wildman–Crippen MR) is 79.2 cm³/mol. The molecule has 0 saturated carbocycles. The van der Waals surface area contributed by atoms with Crippen LogP contribution >= 0.6 is 15.9 Å². The van der Waals surface area contributed by atoms with Crippen molar-refractivity contribution >= 4 is 27.8 Å². The van der Waals surface area contributed by atoms with Crippen molar-refractivity contribution in [3.05, 3.63) is 34.3 Å². The molecule has 0 N–H and O–H groups in total. The summed E-state index contributed by atoms with van der Waals surface area (Å²) in [5.41, 5.74) is 1.13. The summed E-state index contributed by atoms with van der Waals surface area (Å²) in [5, 5.41) is 0. The topological polar surface area (TPSA) is 46.6 Å². The van der Waals surface area contributed by atoms with Crippen LogP contribution in [0, 0.1) is 0 Å². The van der Waals surface area contributed by atoms with Crippen LogP contribution in [0.3, 0.4) is 0 Å². The number of esters is 1. The number of benzene rings is 1. The number of hydrogen-bond acceptors (Lipinski definition) is 3. The number of halogens is 1. The molecule has 2 rings (SSSR count). The number of ether oxygens (including phenoxy) is 1. The van der Waals surface area contributed by atoms with Crippen LogP contribution in [0.4, 0.5) is 0 Å². The molecule has 0 bridgehead atoms. The third-order valence-electron chi connectivity index (χ3n) is 3.68. The van der Waals surface area contributed by atoms with E-state index in [2.05, 4.69) is 15.9 Å². The summed E-state index contributed by atoms with van der Waals surface area (Å²) in [6.07, 6.45) is 1.67. The molecule has 1 aliphatic rings. The fourth-order valence-electron chi connectivity index (χ4n) is 2.70. The average molecular weight is 340 g/mol. The molecule has 1 aromatic rings. The Balaban J connectivity index is 2.14. The van der Waals surface area contributed by atoms with Gasteiger partial charge < -0.3 is 9.64 Å². The van der Waals surface area contributed by atoms with Crippen molar-refractivity contribution in [3.63, 3.8) is 0 Å². The number of hydrogen-bond donors (Lipinski definition) is 0. The van der Waals surface area contributed by atoms with Gasteiger partial charge in [0.05, 0.1) is 7.11 Å². The van der Waals surface area contributed by atoms with Crippen molar-refractivity contribution in [1.29, 1.82) is 0 Å². The van der Waals surface area contributed by atoms with Crippen molar-refractivity contribution in [1.82, 2.24) is 4.90 Å². The maximum atomic E-state index is 12.0. The second-order valence-corrected chi connectivity index (χ2v) is 5.88. The predicted octanol–water partition coefficient (Wildman–Crippen LogP) is 2.54. The smallest absolute Gasteiger partial charge is 0.328 e. The van der Waals surface area contributed by atoms with Crippen LogP contribution in [-0.4, -0.2) is 36.0 Å². The summed E-state index contributed by atoms with van der Waals surface area (Å²) in [4.78, 5) is 25.5. The van der Waals surface area contributed by atoms with Gasteiger partial charge in [0.1, 0.15) is 6.04 Å². The third kappa shape index (κ3) is 3.03. The third-order valence-corrected chi connectivity index (χ3v) is 4.45. The summed E-state index contributed by atoms with van der Waals surface area (Å²) in [7, 11) is 1.36. The van der Waals surface area contributed by atoms with E-state index in [1.165, 1.54) is 7.11 Å². The van der Waals surface area contributed by atoms with Crippen LogP contribution in [0.2, 0.25) is 0 Å². The molecule has 20 heavy (non-hydrogen) atoms. The molecule has 5 heteroatoms. The lowest BCUT2D eigenvalue weighted by Gasteiger charge is -2.29. The quantitative estimate of drug-likeness (QED) is 0.792. The van der Waals surface area contributed by atoms with E-state index >= 15 is 0 Å². The van der Waals surface area contributed by atoms with Crippen LogP contribution in [0.25, 0.3) is 0 Å². The largest absolute Gasteiger partial charge is 0.467 e. The number of nitrogens with zero attached hydrogens (tertiary/aromatic N) is 1. The number of carbonyl (C=O) groups excluding carboxylic acids is 2. The Kier molecular flexibility index (Phi) is 4.81. The maximum Gasteiger partial charge on any atom is 0.328 e. The van der Waals surface area contributed by atoms with Crippen LogP contribution < -0.4 is 0 Å². The normalized spacial score (nSPS) is 20.1. The van der Waals surface area contributed by atoms with E-state index in [-0.39, 0.29) is 17.9 Å². The van der Waals surface area contributed by atoms with E-state index in [4.69, 9.17) is 4.74 Å². The van der Waals surface area contributed by atoms with Crippen molar-refractivity contribution in [3.8, 4) is 0 Å². The molecule has 1 amide bonds. The molecule has 1 aromatic carbocycles. The lowest BCUT2D eigenvalue weighted by molar-refractivity contribution is -0.150. The van der Waals surface area contributed by atoms with E-state index in [0.717, 1.165) is 10.0 Å². The van der Waals surface area contributed by atoms with Gasteiger partial charge in [-0.15, -0.1) is 0 Å². The monoisotopic (exact) mass is 339 g/mol. The molecular formula is C15H18BrNO3. The minimum atomic E-state index is -0.440. The summed E-state index contributed by atoms with van der Waals surface area (Å²) < 4.78 is 5.82. The van der Waals surface area contributed by atoms with Crippen molar-refractivity contribution in [2.24, 2.45) is 0 Å². The minimum absolute atomic E-state index is 0.0277. The van der Waals surface area contributed by atoms with Gasteiger partial charge in [-0.2, -0.15) is 0 Å². The van der Waals surface area contributed by atoms with Crippen LogP contribution in [0.15, 0.2) is 28.7 Å². The van der Waals surface area contributed by atoms with Gasteiger partial charge in [-0.25, -0.2) is 4.79 Å². The van der Waals surface area contributed by atoms with Gasteiger partial charge in [0.2, 0.25) is 5.91 Å². The molecule has 108 valence electrons. The molecular weight excluding hydrogens is 322 g/mol. The zero-order chi connectivity index (χ0) is 14.7. The van der Waals surface area contributed by atoms with Gasteiger partial charge in [-0.05, 0) is 31.4 Å².